The number of hydrazone groups is 1. The molecule has 0 spiro atoms. The summed E-state index contributed by atoms with van der Waals surface area (Å²) in [6.45, 7) is 1.94. The maximum absolute atomic E-state index is 12.8. The molecule has 1 aromatic heterocycles. The highest BCUT2D eigenvalue weighted by Gasteiger charge is 2.51. The lowest BCUT2D eigenvalue weighted by Crippen LogP contribution is -2.48. The number of anilines is 1. The Morgan fingerprint density at radius 1 is 1.08 bits per heavy atom. The lowest BCUT2D eigenvalue weighted by Gasteiger charge is -2.57. The fourth-order valence-electron chi connectivity index (χ4n) is 7.23. The van der Waals surface area contributed by atoms with E-state index >= 15 is 0 Å². The molecule has 4 aliphatic carbocycles. The first-order valence-electron chi connectivity index (χ1n) is 12.6. The summed E-state index contributed by atoms with van der Waals surface area (Å²) in [5, 5.41) is 15.1. The van der Waals surface area contributed by atoms with Crippen molar-refractivity contribution in [1.29, 1.82) is 0 Å². The molecule has 4 fully saturated rings. The minimum absolute atomic E-state index is 0.104. The van der Waals surface area contributed by atoms with Crippen molar-refractivity contribution >= 4 is 27.8 Å². The number of hydrogen-bond acceptors (Lipinski definition) is 5. The van der Waals surface area contributed by atoms with Gasteiger partial charge in [0.1, 0.15) is 5.56 Å². The van der Waals surface area contributed by atoms with Gasteiger partial charge in [-0.15, -0.1) is 0 Å². The number of aromatic nitrogens is 2. The number of aromatic amines is 1. The molecule has 4 saturated carbocycles. The third kappa shape index (κ3) is 3.92. The SMILES string of the molecule is Cc1ccccc1NN=Cc1c(O)n(-c2ccc(C34CC5CC(CC(C5)C3)C4)cc2Br)c(=O)[nH]c1=O. The second-order valence-corrected chi connectivity index (χ2v) is 11.7. The Bertz CT molecular complexity index is 1450. The Morgan fingerprint density at radius 3 is 2.39 bits per heavy atom. The number of hydrogen-bond donors (Lipinski definition) is 3. The number of halogens is 1. The molecule has 7 nitrogen and oxygen atoms in total. The van der Waals surface area contributed by atoms with Crippen LogP contribution in [0.25, 0.3) is 5.69 Å². The van der Waals surface area contributed by atoms with Crippen molar-refractivity contribution in [2.24, 2.45) is 22.9 Å². The highest BCUT2D eigenvalue weighted by atomic mass is 79.9. The minimum Gasteiger partial charge on any atom is -0.493 e. The molecule has 1 heterocycles. The van der Waals surface area contributed by atoms with E-state index in [2.05, 4.69) is 43.6 Å². The lowest BCUT2D eigenvalue weighted by molar-refractivity contribution is -0.00521. The zero-order chi connectivity index (χ0) is 25.0. The van der Waals surface area contributed by atoms with E-state index in [9.17, 15) is 14.7 Å². The molecule has 0 atom stereocenters. The molecule has 36 heavy (non-hydrogen) atoms. The molecule has 0 radical (unpaired) electrons. The molecule has 0 amide bonds. The van der Waals surface area contributed by atoms with Crippen LogP contribution in [-0.4, -0.2) is 20.9 Å². The maximum atomic E-state index is 12.8. The summed E-state index contributed by atoms with van der Waals surface area (Å²) in [6.07, 6.45) is 9.08. The van der Waals surface area contributed by atoms with Gasteiger partial charge in [-0.25, -0.2) is 9.36 Å². The second kappa shape index (κ2) is 8.76. The number of aryl methyl sites for hydroxylation is 1. The van der Waals surface area contributed by atoms with E-state index in [4.69, 9.17) is 0 Å². The maximum Gasteiger partial charge on any atom is 0.335 e. The molecule has 0 saturated heterocycles. The van der Waals surface area contributed by atoms with Crippen molar-refractivity contribution < 1.29 is 5.11 Å². The van der Waals surface area contributed by atoms with Crippen molar-refractivity contribution in [3.8, 4) is 11.6 Å². The Hall–Kier alpha value is -3.13. The first-order chi connectivity index (χ1) is 17.3. The molecule has 4 aliphatic rings. The van der Waals surface area contributed by atoms with Gasteiger partial charge in [-0.05, 0) is 114 Å². The van der Waals surface area contributed by atoms with Gasteiger partial charge in [-0.1, -0.05) is 24.3 Å². The highest BCUT2D eigenvalue weighted by Crippen LogP contribution is 2.60. The summed E-state index contributed by atoms with van der Waals surface area (Å²) in [5.41, 5.74) is 5.13. The summed E-state index contributed by atoms with van der Waals surface area (Å²) in [4.78, 5) is 27.6. The fraction of sp³-hybridized carbons (Fsp3) is 0.393. The van der Waals surface area contributed by atoms with Crippen LogP contribution < -0.4 is 16.7 Å². The summed E-state index contributed by atoms with van der Waals surface area (Å²) in [7, 11) is 0. The van der Waals surface area contributed by atoms with Crippen molar-refractivity contribution in [3.63, 3.8) is 0 Å². The van der Waals surface area contributed by atoms with Crippen molar-refractivity contribution in [1.82, 2.24) is 9.55 Å². The molecular weight excluding hydrogens is 520 g/mol. The second-order valence-electron chi connectivity index (χ2n) is 10.9. The Kier molecular flexibility index (Phi) is 5.67. The van der Waals surface area contributed by atoms with Crippen LogP contribution in [-0.2, 0) is 5.41 Å². The van der Waals surface area contributed by atoms with Gasteiger partial charge >= 0.3 is 5.69 Å². The van der Waals surface area contributed by atoms with Gasteiger partial charge in [0.2, 0.25) is 5.88 Å². The summed E-state index contributed by atoms with van der Waals surface area (Å²) < 4.78 is 1.82. The van der Waals surface area contributed by atoms with E-state index in [1.165, 1.54) is 50.3 Å². The zero-order valence-corrected chi connectivity index (χ0v) is 21.7. The minimum atomic E-state index is -0.704. The molecule has 3 N–H and O–H groups in total. The highest BCUT2D eigenvalue weighted by molar-refractivity contribution is 9.10. The first-order valence-corrected chi connectivity index (χ1v) is 13.4. The molecule has 0 aliphatic heterocycles. The summed E-state index contributed by atoms with van der Waals surface area (Å²) in [5.74, 6) is 2.03. The van der Waals surface area contributed by atoms with Gasteiger partial charge in [-0.3, -0.25) is 15.2 Å². The Morgan fingerprint density at radius 2 is 1.75 bits per heavy atom. The molecule has 4 bridgehead atoms. The van der Waals surface area contributed by atoms with Crippen molar-refractivity contribution in [2.45, 2.75) is 50.9 Å². The molecule has 3 aromatic rings. The number of para-hydroxylation sites is 1. The number of nitrogens with zero attached hydrogens (tertiary/aromatic N) is 2. The van der Waals surface area contributed by atoms with Crippen LogP contribution >= 0.6 is 15.9 Å². The van der Waals surface area contributed by atoms with Crippen LogP contribution in [0.2, 0.25) is 0 Å². The van der Waals surface area contributed by atoms with Crippen LogP contribution in [0, 0.1) is 24.7 Å². The zero-order valence-electron chi connectivity index (χ0n) is 20.1. The van der Waals surface area contributed by atoms with E-state index < -0.39 is 17.1 Å². The lowest BCUT2D eigenvalue weighted by atomic mass is 9.48. The Balaban J connectivity index is 1.34. The smallest absolute Gasteiger partial charge is 0.335 e. The molecule has 186 valence electrons. The van der Waals surface area contributed by atoms with E-state index in [-0.39, 0.29) is 11.0 Å². The fourth-order valence-corrected chi connectivity index (χ4v) is 7.78. The molecule has 7 rings (SSSR count). The van der Waals surface area contributed by atoms with Gasteiger partial charge in [0.25, 0.3) is 5.56 Å². The largest absolute Gasteiger partial charge is 0.493 e. The Labute approximate surface area is 217 Å². The summed E-state index contributed by atoms with van der Waals surface area (Å²) in [6, 6.07) is 13.7. The average molecular weight is 549 g/mol. The molecule has 0 unspecified atom stereocenters. The third-order valence-electron chi connectivity index (χ3n) is 8.48. The number of benzene rings is 2. The quantitative estimate of drug-likeness (QED) is 0.300. The van der Waals surface area contributed by atoms with Gasteiger partial charge in [0.05, 0.1) is 17.6 Å². The third-order valence-corrected chi connectivity index (χ3v) is 9.12. The predicted molar refractivity (Wildman–Crippen MR) is 144 cm³/mol. The van der Waals surface area contributed by atoms with E-state index in [1.54, 1.807) is 0 Å². The van der Waals surface area contributed by atoms with Crippen LogP contribution in [0.1, 0.15) is 55.2 Å². The molecular formula is C28H29BrN4O3. The number of H-pyrrole nitrogens is 1. The standard InChI is InChI=1S/C28H29BrN4O3/c1-16-4-2-3-5-23(16)32-30-15-21-25(34)31-27(36)33(26(21)35)24-7-6-20(11-22(24)29)28-12-17-8-18(13-28)10-19(9-17)14-28/h2-7,11,15,17-19,32,35H,8-10,12-14H2,1H3,(H,31,34,36). The van der Waals surface area contributed by atoms with Crippen LogP contribution in [0.15, 0.2) is 61.6 Å². The average Bonchev–Trinajstić information content (AvgIpc) is 2.82. The van der Waals surface area contributed by atoms with E-state index in [1.807, 2.05) is 37.3 Å². The monoisotopic (exact) mass is 548 g/mol. The molecule has 8 heteroatoms. The van der Waals surface area contributed by atoms with Gasteiger partial charge < -0.3 is 5.11 Å². The van der Waals surface area contributed by atoms with Crippen molar-refractivity contribution in [3.05, 3.63) is 84.5 Å². The topological polar surface area (TPSA) is 99.5 Å². The van der Waals surface area contributed by atoms with Crippen LogP contribution in [0.5, 0.6) is 5.88 Å². The van der Waals surface area contributed by atoms with E-state index in [0.717, 1.165) is 33.6 Å². The van der Waals surface area contributed by atoms with Gasteiger partial charge in [0, 0.05) is 4.47 Å². The van der Waals surface area contributed by atoms with Gasteiger partial charge in [0.15, 0.2) is 0 Å². The van der Waals surface area contributed by atoms with Crippen molar-refractivity contribution in [2.75, 3.05) is 5.43 Å². The normalized spacial score (nSPS) is 26.6. The number of aromatic hydroxyl groups is 1. The number of nitrogens with one attached hydrogen (secondary N) is 2. The van der Waals surface area contributed by atoms with Gasteiger partial charge in [-0.2, -0.15) is 5.10 Å². The number of rotatable bonds is 5. The predicted octanol–water partition coefficient (Wildman–Crippen LogP) is 5.22. The van der Waals surface area contributed by atoms with Crippen LogP contribution in [0.3, 0.4) is 0 Å². The summed E-state index contributed by atoms with van der Waals surface area (Å²) >= 11 is 3.66. The van der Waals surface area contributed by atoms with E-state index in [0.29, 0.717) is 10.2 Å². The first kappa shape index (κ1) is 23.3. The van der Waals surface area contributed by atoms with Crippen LogP contribution in [0.4, 0.5) is 5.69 Å². The molecule has 2 aromatic carbocycles.